The lowest BCUT2D eigenvalue weighted by Crippen LogP contribution is -2.27. The third-order valence-electron chi connectivity index (χ3n) is 7.50. The Hall–Kier alpha value is -2.90. The first-order valence-electron chi connectivity index (χ1n) is 12.0. The number of pyridine rings is 1. The molecule has 3 heterocycles. The molecule has 1 aliphatic heterocycles. The van der Waals surface area contributed by atoms with Gasteiger partial charge in [-0.25, -0.2) is 0 Å². The van der Waals surface area contributed by atoms with Crippen LogP contribution in [0, 0.1) is 12.8 Å². The molecular weight excluding hydrogens is 440 g/mol. The molecule has 0 radical (unpaired) electrons. The van der Waals surface area contributed by atoms with E-state index in [1.807, 2.05) is 25.1 Å². The van der Waals surface area contributed by atoms with Crippen molar-refractivity contribution >= 4 is 28.4 Å². The number of piperidine rings is 1. The van der Waals surface area contributed by atoms with Gasteiger partial charge in [0.15, 0.2) is 11.0 Å². The summed E-state index contributed by atoms with van der Waals surface area (Å²) in [6, 6.07) is 18.9. The minimum Gasteiger partial charge on any atom is -0.399 e. The van der Waals surface area contributed by atoms with Crippen LogP contribution in [-0.2, 0) is 12.5 Å². The van der Waals surface area contributed by atoms with Gasteiger partial charge in [0, 0.05) is 53.6 Å². The van der Waals surface area contributed by atoms with Crippen LogP contribution >= 0.6 is 11.8 Å². The number of thioether (sulfide) groups is 1. The summed E-state index contributed by atoms with van der Waals surface area (Å²) in [5, 5.41) is 11.1. The van der Waals surface area contributed by atoms with Crippen molar-refractivity contribution < 1.29 is 0 Å². The summed E-state index contributed by atoms with van der Waals surface area (Å²) in [4.78, 5) is 7.30. The van der Waals surface area contributed by atoms with Crippen molar-refractivity contribution in [2.45, 2.75) is 30.3 Å². The van der Waals surface area contributed by atoms with Gasteiger partial charge in [0.05, 0.1) is 5.52 Å². The van der Waals surface area contributed by atoms with Crippen LogP contribution in [0.1, 0.15) is 24.1 Å². The lowest BCUT2D eigenvalue weighted by Gasteiger charge is -2.21. The average molecular weight is 471 g/mol. The van der Waals surface area contributed by atoms with E-state index >= 15 is 0 Å². The summed E-state index contributed by atoms with van der Waals surface area (Å²) in [6.07, 6.45) is 2.47. The molecule has 1 saturated heterocycles. The Balaban J connectivity index is 1.06. The summed E-state index contributed by atoms with van der Waals surface area (Å²) in [5.74, 6) is 2.74. The molecule has 34 heavy (non-hydrogen) atoms. The van der Waals surface area contributed by atoms with Crippen LogP contribution in [0.25, 0.3) is 22.3 Å². The number of nitrogens with two attached hydrogens (primary N) is 1. The molecule has 4 aromatic rings. The van der Waals surface area contributed by atoms with Crippen LogP contribution in [0.2, 0.25) is 0 Å². The Labute approximate surface area is 204 Å². The molecule has 2 N–H and O–H groups in total. The number of nitrogen functional groups attached to an aromatic ring is 1. The Morgan fingerprint density at radius 1 is 1.09 bits per heavy atom. The van der Waals surface area contributed by atoms with Gasteiger partial charge in [0.1, 0.15) is 0 Å². The van der Waals surface area contributed by atoms with Crippen LogP contribution in [0.4, 0.5) is 5.69 Å². The van der Waals surface area contributed by atoms with E-state index in [0.717, 1.165) is 63.5 Å². The summed E-state index contributed by atoms with van der Waals surface area (Å²) < 4.78 is 2.11. The molecule has 2 fully saturated rings. The fraction of sp³-hybridized carbons (Fsp3) is 0.370. The number of aryl methyl sites for hydroxylation is 1. The summed E-state index contributed by atoms with van der Waals surface area (Å²) in [5.41, 5.74) is 11.7. The zero-order chi connectivity index (χ0) is 23.3. The van der Waals surface area contributed by atoms with E-state index in [0.29, 0.717) is 5.41 Å². The van der Waals surface area contributed by atoms with Crippen molar-refractivity contribution in [3.63, 3.8) is 0 Å². The highest BCUT2D eigenvalue weighted by molar-refractivity contribution is 7.99. The second kappa shape index (κ2) is 8.40. The Morgan fingerprint density at radius 3 is 2.79 bits per heavy atom. The zero-order valence-electron chi connectivity index (χ0n) is 19.7. The van der Waals surface area contributed by atoms with E-state index in [4.69, 9.17) is 5.73 Å². The molecule has 0 bridgehead atoms. The van der Waals surface area contributed by atoms with E-state index in [2.05, 4.69) is 68.1 Å². The topological polar surface area (TPSA) is 72.9 Å². The quantitative estimate of drug-likeness (QED) is 0.240. The summed E-state index contributed by atoms with van der Waals surface area (Å²) in [7, 11) is 2.06. The molecule has 2 aromatic heterocycles. The lowest BCUT2D eigenvalue weighted by molar-refractivity contribution is 0.299. The molecule has 6 nitrogen and oxygen atoms in total. The molecule has 174 valence electrons. The molecule has 1 saturated carbocycles. The average Bonchev–Trinajstić information content (AvgIpc) is 3.21. The Morgan fingerprint density at radius 2 is 1.94 bits per heavy atom. The van der Waals surface area contributed by atoms with Gasteiger partial charge in [0.2, 0.25) is 0 Å². The maximum atomic E-state index is 5.89. The normalized spacial score (nSPS) is 21.8. The standard InChI is InChI=1S/C27H30N6S/c1-18-7-12-22-23(5-3-6-24(22)29-18)25-30-31-26(32(25)2)34-14-4-13-33-16-20-15-27(20,17-33)19-8-10-21(28)11-9-19/h3,5-12,20H,4,13-17,28H2,1-2H3/t20-,27+/m1/s1. The summed E-state index contributed by atoms with van der Waals surface area (Å²) in [6.45, 7) is 5.55. The van der Waals surface area contributed by atoms with Gasteiger partial charge in [0.25, 0.3) is 0 Å². The zero-order valence-corrected chi connectivity index (χ0v) is 20.6. The van der Waals surface area contributed by atoms with Crippen molar-refractivity contribution in [2.75, 3.05) is 31.1 Å². The first-order valence-corrected chi connectivity index (χ1v) is 13.0. The largest absolute Gasteiger partial charge is 0.399 e. The SMILES string of the molecule is Cc1ccc2c(-c3nnc(SCCCN4C[C@H]5C[C@@]5(c5ccc(N)cc5)C4)n3C)cccc2n1. The van der Waals surface area contributed by atoms with E-state index in [1.54, 1.807) is 11.8 Å². The minimum absolute atomic E-state index is 0.380. The van der Waals surface area contributed by atoms with Crippen LogP contribution in [0.15, 0.2) is 59.8 Å². The van der Waals surface area contributed by atoms with Crippen molar-refractivity contribution in [1.82, 2.24) is 24.6 Å². The maximum absolute atomic E-state index is 5.89. The lowest BCUT2D eigenvalue weighted by atomic mass is 9.95. The predicted octanol–water partition coefficient (Wildman–Crippen LogP) is 4.68. The maximum Gasteiger partial charge on any atom is 0.191 e. The number of nitrogens with zero attached hydrogens (tertiary/aromatic N) is 5. The number of likely N-dealkylation sites (tertiary alicyclic amines) is 1. The van der Waals surface area contributed by atoms with Crippen LogP contribution < -0.4 is 5.73 Å². The van der Waals surface area contributed by atoms with Gasteiger partial charge in [-0.3, -0.25) is 4.98 Å². The highest BCUT2D eigenvalue weighted by Crippen LogP contribution is 2.59. The third-order valence-corrected chi connectivity index (χ3v) is 8.61. The van der Waals surface area contributed by atoms with Gasteiger partial charge in [-0.1, -0.05) is 42.1 Å². The van der Waals surface area contributed by atoms with Crippen molar-refractivity contribution in [1.29, 1.82) is 0 Å². The van der Waals surface area contributed by atoms with Crippen LogP contribution in [0.5, 0.6) is 0 Å². The number of aromatic nitrogens is 4. The number of benzene rings is 2. The first kappa shape index (κ1) is 21.6. The van der Waals surface area contributed by atoms with E-state index < -0.39 is 0 Å². The molecular formula is C27H30N6S. The molecule has 6 rings (SSSR count). The van der Waals surface area contributed by atoms with Crippen LogP contribution in [0.3, 0.4) is 0 Å². The molecule has 0 amide bonds. The Bertz CT molecular complexity index is 1350. The van der Waals surface area contributed by atoms with Gasteiger partial charge < -0.3 is 15.2 Å². The van der Waals surface area contributed by atoms with E-state index in [1.165, 1.54) is 25.1 Å². The third kappa shape index (κ3) is 3.77. The second-order valence-corrected chi connectivity index (χ2v) is 10.9. The smallest absolute Gasteiger partial charge is 0.191 e. The Kier molecular flexibility index (Phi) is 5.34. The van der Waals surface area contributed by atoms with Crippen molar-refractivity contribution in [2.24, 2.45) is 13.0 Å². The molecule has 0 unspecified atom stereocenters. The van der Waals surface area contributed by atoms with Gasteiger partial charge in [-0.15, -0.1) is 10.2 Å². The van der Waals surface area contributed by atoms with Crippen molar-refractivity contribution in [3.8, 4) is 11.4 Å². The monoisotopic (exact) mass is 470 g/mol. The molecule has 2 aliphatic rings. The molecule has 7 heteroatoms. The fourth-order valence-corrected chi connectivity index (χ4v) is 6.43. The first-order chi connectivity index (χ1) is 16.5. The summed E-state index contributed by atoms with van der Waals surface area (Å²) >= 11 is 1.80. The molecule has 2 atom stereocenters. The number of rotatable bonds is 7. The second-order valence-electron chi connectivity index (χ2n) is 9.81. The van der Waals surface area contributed by atoms with Crippen LogP contribution in [-0.4, -0.2) is 50.0 Å². The highest BCUT2D eigenvalue weighted by Gasteiger charge is 2.60. The number of hydrogen-bond acceptors (Lipinski definition) is 6. The molecule has 2 aromatic carbocycles. The fourth-order valence-electron chi connectivity index (χ4n) is 5.60. The predicted molar refractivity (Wildman–Crippen MR) is 139 cm³/mol. The van der Waals surface area contributed by atoms with Gasteiger partial charge in [-0.2, -0.15) is 0 Å². The highest BCUT2D eigenvalue weighted by atomic mass is 32.2. The molecule has 1 aliphatic carbocycles. The number of anilines is 1. The van der Waals surface area contributed by atoms with Gasteiger partial charge in [-0.05, 0) is 62.1 Å². The number of hydrogen-bond donors (Lipinski definition) is 1. The van der Waals surface area contributed by atoms with E-state index in [-0.39, 0.29) is 0 Å². The van der Waals surface area contributed by atoms with E-state index in [9.17, 15) is 0 Å². The molecule has 0 spiro atoms. The van der Waals surface area contributed by atoms with Gasteiger partial charge >= 0.3 is 0 Å². The van der Waals surface area contributed by atoms with Crippen molar-refractivity contribution in [3.05, 3.63) is 65.9 Å². The number of fused-ring (bicyclic) bond motifs is 2. The minimum atomic E-state index is 0.380.